The van der Waals surface area contributed by atoms with Crippen molar-refractivity contribution in [3.05, 3.63) is 28.6 Å². The molecule has 0 amide bonds. The maximum Gasteiger partial charge on any atom is 0.0951 e. The standard InChI is InChI=1S/C9H10N4S/c10-8(11)3-7-4-12-13-9(7)6-1-2-14-5-6/h1-2,4-5H,3H2,(H3,10,11)(H,12,13). The van der Waals surface area contributed by atoms with Crippen LogP contribution in [-0.2, 0) is 6.42 Å². The second kappa shape index (κ2) is 3.63. The van der Waals surface area contributed by atoms with Crippen molar-refractivity contribution >= 4 is 17.2 Å². The van der Waals surface area contributed by atoms with Crippen LogP contribution in [-0.4, -0.2) is 16.0 Å². The van der Waals surface area contributed by atoms with Gasteiger partial charge in [-0.2, -0.15) is 16.4 Å². The number of aromatic nitrogens is 2. The first-order chi connectivity index (χ1) is 6.77. The average Bonchev–Trinajstić information content (AvgIpc) is 2.70. The quantitative estimate of drug-likeness (QED) is 0.527. The van der Waals surface area contributed by atoms with E-state index >= 15 is 0 Å². The Hall–Kier alpha value is -1.62. The molecule has 2 heterocycles. The lowest BCUT2D eigenvalue weighted by Crippen LogP contribution is -2.12. The number of aromatic amines is 1. The van der Waals surface area contributed by atoms with Crippen molar-refractivity contribution in [1.82, 2.24) is 10.2 Å². The Balaban J connectivity index is 2.35. The number of thiophene rings is 1. The van der Waals surface area contributed by atoms with Crippen LogP contribution in [0.1, 0.15) is 5.56 Å². The van der Waals surface area contributed by atoms with Crippen LogP contribution in [0.2, 0.25) is 0 Å². The molecule has 0 atom stereocenters. The van der Waals surface area contributed by atoms with Crippen molar-refractivity contribution in [2.45, 2.75) is 6.42 Å². The molecular formula is C9H10N4S. The van der Waals surface area contributed by atoms with E-state index in [4.69, 9.17) is 11.1 Å². The second-order valence-electron chi connectivity index (χ2n) is 2.98. The third-order valence-corrected chi connectivity index (χ3v) is 2.59. The summed E-state index contributed by atoms with van der Waals surface area (Å²) in [6.45, 7) is 0. The number of amidine groups is 1. The van der Waals surface area contributed by atoms with Crippen molar-refractivity contribution in [1.29, 1.82) is 5.41 Å². The first-order valence-electron chi connectivity index (χ1n) is 4.15. The summed E-state index contributed by atoms with van der Waals surface area (Å²) in [5.74, 6) is 0.155. The first-order valence-corrected chi connectivity index (χ1v) is 5.09. The van der Waals surface area contributed by atoms with Crippen molar-refractivity contribution in [2.24, 2.45) is 5.73 Å². The number of rotatable bonds is 3. The second-order valence-corrected chi connectivity index (χ2v) is 3.76. The largest absolute Gasteiger partial charge is 0.387 e. The summed E-state index contributed by atoms with van der Waals surface area (Å²) >= 11 is 1.63. The number of nitrogens with two attached hydrogens (primary N) is 1. The Bertz CT molecular complexity index is 429. The highest BCUT2D eigenvalue weighted by Crippen LogP contribution is 2.23. The lowest BCUT2D eigenvalue weighted by molar-refractivity contribution is 1.10. The van der Waals surface area contributed by atoms with Gasteiger partial charge in [-0.25, -0.2) is 0 Å². The third-order valence-electron chi connectivity index (χ3n) is 1.91. The molecule has 4 N–H and O–H groups in total. The van der Waals surface area contributed by atoms with Crippen molar-refractivity contribution in [2.75, 3.05) is 0 Å². The number of nitrogens with zero attached hydrogens (tertiary/aromatic N) is 1. The third kappa shape index (κ3) is 1.67. The lowest BCUT2D eigenvalue weighted by Gasteiger charge is -1.98. The van der Waals surface area contributed by atoms with E-state index in [-0.39, 0.29) is 5.84 Å². The number of H-pyrrole nitrogens is 1. The van der Waals surface area contributed by atoms with Crippen LogP contribution in [0.25, 0.3) is 11.3 Å². The van der Waals surface area contributed by atoms with Gasteiger partial charge in [0.25, 0.3) is 0 Å². The van der Waals surface area contributed by atoms with Gasteiger partial charge in [0, 0.05) is 22.9 Å². The van der Waals surface area contributed by atoms with E-state index in [1.807, 2.05) is 16.8 Å². The maximum absolute atomic E-state index is 7.23. The minimum atomic E-state index is 0.155. The summed E-state index contributed by atoms with van der Waals surface area (Å²) in [6.07, 6.45) is 2.16. The number of hydrogen-bond donors (Lipinski definition) is 3. The summed E-state index contributed by atoms with van der Waals surface area (Å²) in [5.41, 5.74) is 8.38. The van der Waals surface area contributed by atoms with E-state index in [1.165, 1.54) is 0 Å². The van der Waals surface area contributed by atoms with E-state index in [0.29, 0.717) is 6.42 Å². The number of nitrogens with one attached hydrogen (secondary N) is 2. The first kappa shape index (κ1) is 8.96. The number of hydrogen-bond acceptors (Lipinski definition) is 3. The molecule has 0 spiro atoms. The summed E-state index contributed by atoms with van der Waals surface area (Å²) < 4.78 is 0. The van der Waals surface area contributed by atoms with Crippen LogP contribution in [0.4, 0.5) is 0 Å². The molecule has 5 heteroatoms. The van der Waals surface area contributed by atoms with Gasteiger partial charge < -0.3 is 5.73 Å². The summed E-state index contributed by atoms with van der Waals surface area (Å²) in [4.78, 5) is 0. The van der Waals surface area contributed by atoms with Crippen LogP contribution >= 0.6 is 11.3 Å². The summed E-state index contributed by atoms with van der Waals surface area (Å²) in [6, 6.07) is 2.02. The molecule has 0 saturated heterocycles. The summed E-state index contributed by atoms with van der Waals surface area (Å²) in [7, 11) is 0. The summed E-state index contributed by atoms with van der Waals surface area (Å²) in [5, 5.41) is 18.2. The van der Waals surface area contributed by atoms with E-state index in [2.05, 4.69) is 10.2 Å². The highest BCUT2D eigenvalue weighted by molar-refractivity contribution is 7.08. The zero-order chi connectivity index (χ0) is 9.97. The van der Waals surface area contributed by atoms with Crippen LogP contribution < -0.4 is 5.73 Å². The van der Waals surface area contributed by atoms with Crippen LogP contribution in [0.15, 0.2) is 23.0 Å². The van der Waals surface area contributed by atoms with E-state index in [0.717, 1.165) is 16.8 Å². The van der Waals surface area contributed by atoms with Crippen molar-refractivity contribution in [3.63, 3.8) is 0 Å². The van der Waals surface area contributed by atoms with Crippen molar-refractivity contribution < 1.29 is 0 Å². The minimum Gasteiger partial charge on any atom is -0.387 e. The minimum absolute atomic E-state index is 0.155. The Morgan fingerprint density at radius 2 is 2.50 bits per heavy atom. The molecule has 0 fully saturated rings. The van der Waals surface area contributed by atoms with E-state index < -0.39 is 0 Å². The fourth-order valence-electron chi connectivity index (χ4n) is 1.31. The fourth-order valence-corrected chi connectivity index (χ4v) is 1.95. The fraction of sp³-hybridized carbons (Fsp3) is 0.111. The monoisotopic (exact) mass is 206 g/mol. The van der Waals surface area contributed by atoms with Gasteiger partial charge in [0.05, 0.1) is 17.7 Å². The van der Waals surface area contributed by atoms with Crippen LogP contribution in [0.5, 0.6) is 0 Å². The zero-order valence-corrected chi connectivity index (χ0v) is 8.27. The molecule has 2 aromatic heterocycles. The topological polar surface area (TPSA) is 78.6 Å². The van der Waals surface area contributed by atoms with Crippen LogP contribution in [0, 0.1) is 5.41 Å². The normalized spacial score (nSPS) is 10.3. The smallest absolute Gasteiger partial charge is 0.0951 e. The van der Waals surface area contributed by atoms with Crippen molar-refractivity contribution in [3.8, 4) is 11.3 Å². The van der Waals surface area contributed by atoms with Gasteiger partial charge in [-0.05, 0) is 11.4 Å². The SMILES string of the molecule is N=C(N)Cc1cn[nH]c1-c1ccsc1. The van der Waals surface area contributed by atoms with Gasteiger partial charge in [-0.15, -0.1) is 0 Å². The van der Waals surface area contributed by atoms with Gasteiger partial charge in [0.2, 0.25) is 0 Å². The van der Waals surface area contributed by atoms with E-state index in [9.17, 15) is 0 Å². The highest BCUT2D eigenvalue weighted by Gasteiger charge is 2.08. The molecule has 0 aliphatic carbocycles. The van der Waals surface area contributed by atoms with Gasteiger partial charge in [-0.3, -0.25) is 10.5 Å². The van der Waals surface area contributed by atoms with Gasteiger partial charge in [-0.1, -0.05) is 0 Å². The molecule has 2 rings (SSSR count). The van der Waals surface area contributed by atoms with Gasteiger partial charge in [0.15, 0.2) is 0 Å². The molecule has 14 heavy (non-hydrogen) atoms. The molecule has 0 saturated carbocycles. The molecule has 0 bridgehead atoms. The molecule has 0 unspecified atom stereocenters. The molecule has 2 aromatic rings. The molecule has 0 radical (unpaired) electrons. The predicted octanol–water partition coefficient (Wildman–Crippen LogP) is 1.62. The van der Waals surface area contributed by atoms with Gasteiger partial charge in [0.1, 0.15) is 0 Å². The van der Waals surface area contributed by atoms with Crippen LogP contribution in [0.3, 0.4) is 0 Å². The molecule has 72 valence electrons. The Morgan fingerprint density at radius 3 is 3.14 bits per heavy atom. The Morgan fingerprint density at radius 1 is 1.64 bits per heavy atom. The molecule has 0 aliphatic rings. The van der Waals surface area contributed by atoms with E-state index in [1.54, 1.807) is 17.5 Å². The molecule has 0 aromatic carbocycles. The Labute approximate surface area is 85.3 Å². The highest BCUT2D eigenvalue weighted by atomic mass is 32.1. The molecule has 0 aliphatic heterocycles. The lowest BCUT2D eigenvalue weighted by atomic mass is 10.1. The predicted molar refractivity (Wildman–Crippen MR) is 57.5 cm³/mol. The Kier molecular flexibility index (Phi) is 2.32. The maximum atomic E-state index is 7.23. The molecule has 4 nitrogen and oxygen atoms in total. The van der Waals surface area contributed by atoms with Gasteiger partial charge >= 0.3 is 0 Å². The zero-order valence-electron chi connectivity index (χ0n) is 7.45. The average molecular weight is 206 g/mol. The molecular weight excluding hydrogens is 196 g/mol.